The van der Waals surface area contributed by atoms with E-state index in [-0.39, 0.29) is 6.54 Å². The Morgan fingerprint density at radius 1 is 1.57 bits per heavy atom. The van der Waals surface area contributed by atoms with Gasteiger partial charge in [-0.05, 0) is 0 Å². The smallest absolute Gasteiger partial charge is 0.295 e. The molecule has 0 radical (unpaired) electrons. The Morgan fingerprint density at radius 2 is 2.14 bits per heavy atom. The molecule has 0 aliphatic carbocycles. The molecule has 1 rings (SSSR count). The number of methoxy groups -OCH3 is 1. The molecule has 1 fully saturated rings. The largest absolute Gasteiger partial charge is 0.384 e. The van der Waals surface area contributed by atoms with Gasteiger partial charge in [0, 0.05) is 13.7 Å². The fraction of sp³-hybridized carbons (Fsp3) is 1.00. The lowest BCUT2D eigenvalue weighted by Gasteiger charge is -2.42. The fourth-order valence-electron chi connectivity index (χ4n) is 1.34. The van der Waals surface area contributed by atoms with Gasteiger partial charge in [0.1, 0.15) is 18.2 Å². The fourth-order valence-corrected chi connectivity index (χ4v) is 1.34. The minimum absolute atomic E-state index is 0.219. The molecule has 4 atom stereocenters. The number of hydrogen-bond donors (Lipinski definition) is 3. The van der Waals surface area contributed by atoms with Crippen LogP contribution in [0.5, 0.6) is 0 Å². The molecule has 84 valence electrons. The van der Waals surface area contributed by atoms with Gasteiger partial charge in [-0.1, -0.05) is 0 Å². The summed E-state index contributed by atoms with van der Waals surface area (Å²) < 4.78 is 36.1. The van der Waals surface area contributed by atoms with Crippen molar-refractivity contribution in [3.8, 4) is 0 Å². The maximum Gasteiger partial charge on any atom is 0.295 e. The molecule has 14 heavy (non-hydrogen) atoms. The van der Waals surface area contributed by atoms with E-state index < -0.39 is 30.5 Å². The molecule has 5 N–H and O–H groups in total. The predicted octanol–water partition coefficient (Wildman–Crippen LogP) is -1.36. The Bertz CT molecular complexity index is 187. The van der Waals surface area contributed by atoms with Crippen LogP contribution in [-0.2, 0) is 9.47 Å². The molecule has 0 aromatic carbocycles. The van der Waals surface area contributed by atoms with Crippen molar-refractivity contribution in [1.29, 1.82) is 0 Å². The van der Waals surface area contributed by atoms with Gasteiger partial charge in [-0.3, -0.25) is 0 Å². The van der Waals surface area contributed by atoms with Gasteiger partial charge in [-0.15, -0.1) is 0 Å². The summed E-state index contributed by atoms with van der Waals surface area (Å²) in [6, 6.07) is -1.69. The predicted molar refractivity (Wildman–Crippen MR) is 43.7 cm³/mol. The van der Waals surface area contributed by atoms with Gasteiger partial charge < -0.3 is 26.0 Å². The molecule has 0 saturated carbocycles. The molecule has 0 bridgehead atoms. The van der Waals surface area contributed by atoms with Gasteiger partial charge in [-0.2, -0.15) is 0 Å². The van der Waals surface area contributed by atoms with Crippen molar-refractivity contribution in [2.75, 3.05) is 13.7 Å². The highest BCUT2D eigenvalue weighted by Gasteiger charge is 2.56. The molecule has 1 aliphatic heterocycles. The summed E-state index contributed by atoms with van der Waals surface area (Å²) in [5.41, 5.74) is 10.3. The van der Waals surface area contributed by atoms with E-state index >= 15 is 0 Å². The van der Waals surface area contributed by atoms with Gasteiger partial charge >= 0.3 is 0 Å². The topological polar surface area (TPSA) is 90.7 Å². The molecular weight excluding hydrogens is 198 g/mol. The first-order valence-electron chi connectivity index (χ1n) is 4.15. The van der Waals surface area contributed by atoms with Gasteiger partial charge in [0.25, 0.3) is 5.92 Å². The molecule has 0 spiro atoms. The summed E-state index contributed by atoms with van der Waals surface area (Å²) in [6.07, 6.45) is -4.40. The zero-order valence-electron chi connectivity index (χ0n) is 7.69. The Hall–Kier alpha value is -0.340. The lowest BCUT2D eigenvalue weighted by atomic mass is 9.96. The SMILES string of the molecule is CO[C@H]1OC(CN)C(O)C(F)(F)C1N. The van der Waals surface area contributed by atoms with Gasteiger partial charge in [0.05, 0.1) is 0 Å². The van der Waals surface area contributed by atoms with E-state index in [0.29, 0.717) is 0 Å². The first kappa shape index (κ1) is 11.7. The van der Waals surface area contributed by atoms with E-state index in [9.17, 15) is 13.9 Å². The zero-order chi connectivity index (χ0) is 10.9. The molecule has 3 unspecified atom stereocenters. The Balaban J connectivity index is 2.84. The minimum Gasteiger partial charge on any atom is -0.384 e. The number of aliphatic hydroxyl groups excluding tert-OH is 1. The van der Waals surface area contributed by atoms with Crippen LogP contribution >= 0.6 is 0 Å². The Morgan fingerprint density at radius 3 is 2.57 bits per heavy atom. The van der Waals surface area contributed by atoms with Crippen molar-refractivity contribution >= 4 is 0 Å². The highest BCUT2D eigenvalue weighted by Crippen LogP contribution is 2.33. The summed E-state index contributed by atoms with van der Waals surface area (Å²) >= 11 is 0. The van der Waals surface area contributed by atoms with Crippen LogP contribution in [0.4, 0.5) is 8.78 Å². The third kappa shape index (κ3) is 1.73. The van der Waals surface area contributed by atoms with Gasteiger partial charge in [0.15, 0.2) is 6.29 Å². The number of hydrogen-bond acceptors (Lipinski definition) is 5. The summed E-state index contributed by atoms with van der Waals surface area (Å²) in [5.74, 6) is -3.46. The van der Waals surface area contributed by atoms with Crippen molar-refractivity contribution in [2.45, 2.75) is 30.5 Å². The number of halogens is 2. The molecule has 1 aliphatic rings. The number of alkyl halides is 2. The van der Waals surface area contributed by atoms with Crippen molar-refractivity contribution < 1.29 is 23.4 Å². The van der Waals surface area contributed by atoms with Crippen molar-refractivity contribution in [1.82, 2.24) is 0 Å². The van der Waals surface area contributed by atoms with Crippen molar-refractivity contribution in [3.05, 3.63) is 0 Å². The quantitative estimate of drug-likeness (QED) is 0.526. The number of aliphatic hydroxyl groups is 1. The van der Waals surface area contributed by atoms with E-state index in [1.165, 1.54) is 7.11 Å². The summed E-state index contributed by atoms with van der Waals surface area (Å²) in [5, 5.41) is 9.19. The van der Waals surface area contributed by atoms with Gasteiger partial charge in [-0.25, -0.2) is 8.78 Å². The summed E-state index contributed by atoms with van der Waals surface area (Å²) in [4.78, 5) is 0. The van der Waals surface area contributed by atoms with Crippen molar-refractivity contribution in [3.63, 3.8) is 0 Å². The van der Waals surface area contributed by atoms with E-state index in [1.807, 2.05) is 0 Å². The molecule has 5 nitrogen and oxygen atoms in total. The van der Waals surface area contributed by atoms with Crippen LogP contribution in [0.15, 0.2) is 0 Å². The van der Waals surface area contributed by atoms with Gasteiger partial charge in [0.2, 0.25) is 0 Å². The summed E-state index contributed by atoms with van der Waals surface area (Å²) in [7, 11) is 1.20. The Kier molecular flexibility index (Phi) is 3.38. The van der Waals surface area contributed by atoms with Crippen LogP contribution in [0.25, 0.3) is 0 Å². The van der Waals surface area contributed by atoms with Crippen LogP contribution in [0, 0.1) is 0 Å². The minimum atomic E-state index is -3.46. The van der Waals surface area contributed by atoms with Crippen LogP contribution < -0.4 is 11.5 Å². The van der Waals surface area contributed by atoms with Crippen LogP contribution in [0.1, 0.15) is 0 Å². The molecule has 0 aromatic rings. The van der Waals surface area contributed by atoms with Crippen LogP contribution in [-0.4, -0.2) is 49.2 Å². The molecule has 0 amide bonds. The maximum absolute atomic E-state index is 13.3. The molecule has 7 heteroatoms. The van der Waals surface area contributed by atoms with Crippen LogP contribution in [0.2, 0.25) is 0 Å². The lowest BCUT2D eigenvalue weighted by Crippen LogP contribution is -2.66. The van der Waals surface area contributed by atoms with Crippen molar-refractivity contribution in [2.24, 2.45) is 11.5 Å². The average molecular weight is 212 g/mol. The monoisotopic (exact) mass is 212 g/mol. The number of rotatable bonds is 2. The third-order valence-electron chi connectivity index (χ3n) is 2.26. The van der Waals surface area contributed by atoms with E-state index in [0.717, 1.165) is 0 Å². The molecular formula is C7H14F2N2O3. The second kappa shape index (κ2) is 4.03. The van der Waals surface area contributed by atoms with E-state index in [2.05, 4.69) is 4.74 Å². The normalized spacial score (nSPS) is 42.4. The maximum atomic E-state index is 13.3. The molecule has 1 saturated heterocycles. The van der Waals surface area contributed by atoms with Crippen LogP contribution in [0.3, 0.4) is 0 Å². The lowest BCUT2D eigenvalue weighted by molar-refractivity contribution is -0.295. The summed E-state index contributed by atoms with van der Waals surface area (Å²) in [6.45, 7) is -0.219. The first-order valence-corrected chi connectivity index (χ1v) is 4.15. The van der Waals surface area contributed by atoms with E-state index in [4.69, 9.17) is 16.2 Å². The molecule has 0 aromatic heterocycles. The first-order chi connectivity index (χ1) is 6.45. The number of ether oxygens (including phenoxy) is 2. The zero-order valence-corrected chi connectivity index (χ0v) is 7.69. The third-order valence-corrected chi connectivity index (χ3v) is 2.26. The van der Waals surface area contributed by atoms with E-state index in [1.54, 1.807) is 0 Å². The standard InChI is InChI=1S/C7H14F2N2O3/c1-13-6-4(11)7(8,9)5(12)3(2-10)14-6/h3-6,12H,2,10-11H2,1H3/t3?,4?,5?,6-/m0/s1. The highest BCUT2D eigenvalue weighted by molar-refractivity contribution is 4.98. The highest BCUT2D eigenvalue weighted by atomic mass is 19.3. The average Bonchev–Trinajstić information content (AvgIpc) is 2.16. The molecule has 1 heterocycles. The number of nitrogens with two attached hydrogens (primary N) is 2. The second-order valence-electron chi connectivity index (χ2n) is 3.16. The second-order valence-corrected chi connectivity index (χ2v) is 3.16. The Labute approximate surface area is 80.0 Å².